The number of hydrogen-bond donors (Lipinski definition) is 1. The van der Waals surface area contributed by atoms with Crippen LogP contribution >= 0.6 is 0 Å². The lowest BCUT2D eigenvalue weighted by Gasteiger charge is -2.15. The number of benzene rings is 1. The Morgan fingerprint density at radius 3 is 2.68 bits per heavy atom. The van der Waals surface area contributed by atoms with Crippen molar-refractivity contribution >= 4 is 5.78 Å². The van der Waals surface area contributed by atoms with Gasteiger partial charge in [0, 0.05) is 24.2 Å². The van der Waals surface area contributed by atoms with E-state index in [0.717, 1.165) is 4.57 Å². The topological polar surface area (TPSA) is 114 Å². The number of aliphatic hydroxyl groups excluding tert-OH is 1. The molecule has 0 radical (unpaired) electrons. The summed E-state index contributed by atoms with van der Waals surface area (Å²) in [5.41, 5.74) is -0.181. The zero-order valence-corrected chi connectivity index (χ0v) is 15.6. The number of nitrogens with zero attached hydrogens (tertiary/aromatic N) is 3. The third-order valence-corrected chi connectivity index (χ3v) is 4.78. The molecule has 0 amide bonds. The molecule has 1 unspecified atom stereocenters. The lowest BCUT2D eigenvalue weighted by atomic mass is 10.1. The van der Waals surface area contributed by atoms with Gasteiger partial charge in [-0.05, 0) is 37.1 Å². The molecule has 2 heterocycles. The molecular weight excluding hydrogens is 362 g/mol. The zero-order valence-electron chi connectivity index (χ0n) is 15.6. The summed E-state index contributed by atoms with van der Waals surface area (Å²) in [6.07, 6.45) is 0.523. The Hall–Kier alpha value is -3.18. The number of aliphatic hydroxyl groups is 1. The van der Waals surface area contributed by atoms with Crippen molar-refractivity contribution in [1.29, 1.82) is 5.26 Å². The molecule has 0 saturated carbocycles. The third kappa shape index (κ3) is 3.75. The number of rotatable bonds is 7. The molecular formula is C20H21N3O5. The number of fused-ring (bicyclic) bond motifs is 1. The predicted octanol–water partition coefficient (Wildman–Crippen LogP) is 0.860. The summed E-state index contributed by atoms with van der Waals surface area (Å²) in [5, 5.41) is 19.5. The van der Waals surface area contributed by atoms with E-state index < -0.39 is 17.4 Å². The average Bonchev–Trinajstić information content (AvgIpc) is 3.19. The van der Waals surface area contributed by atoms with E-state index in [9.17, 15) is 24.8 Å². The Morgan fingerprint density at radius 2 is 2.04 bits per heavy atom. The molecule has 1 aliphatic heterocycles. The van der Waals surface area contributed by atoms with Gasteiger partial charge in [0.1, 0.15) is 30.1 Å². The summed E-state index contributed by atoms with van der Waals surface area (Å²) in [4.78, 5) is 36.6. The normalized spacial score (nSPS) is 13.6. The molecule has 1 aliphatic rings. The van der Waals surface area contributed by atoms with Gasteiger partial charge in [0.2, 0.25) is 0 Å². The summed E-state index contributed by atoms with van der Waals surface area (Å²) < 4.78 is 7.81. The monoisotopic (exact) mass is 383 g/mol. The highest BCUT2D eigenvalue weighted by Gasteiger charge is 2.23. The maximum absolute atomic E-state index is 12.5. The van der Waals surface area contributed by atoms with E-state index in [-0.39, 0.29) is 24.5 Å². The highest BCUT2D eigenvalue weighted by atomic mass is 16.5. The molecule has 0 aliphatic carbocycles. The smallest absolute Gasteiger partial charge is 0.331 e. The van der Waals surface area contributed by atoms with Gasteiger partial charge in [0.05, 0.1) is 6.54 Å². The number of ketones is 1. The molecule has 1 N–H and O–H groups in total. The number of aromatic nitrogens is 2. The Bertz CT molecular complexity index is 1040. The molecule has 1 aromatic carbocycles. The SMILES string of the molecule is CCC(=O)c1ccc(OCC(O)Cn2c(=O)c(C#N)c3n(c2=O)CCC3)cc1. The van der Waals surface area contributed by atoms with Crippen LogP contribution in [-0.2, 0) is 19.5 Å². The first-order valence-electron chi connectivity index (χ1n) is 9.17. The minimum absolute atomic E-state index is 0.0244. The van der Waals surface area contributed by atoms with E-state index in [0.29, 0.717) is 42.8 Å². The zero-order chi connectivity index (χ0) is 20.3. The predicted molar refractivity (Wildman–Crippen MR) is 101 cm³/mol. The highest BCUT2D eigenvalue weighted by molar-refractivity contribution is 5.95. The van der Waals surface area contributed by atoms with Gasteiger partial charge in [0.15, 0.2) is 5.78 Å². The number of nitriles is 1. The molecule has 1 aromatic heterocycles. The number of hydrogen-bond acceptors (Lipinski definition) is 6. The van der Waals surface area contributed by atoms with Gasteiger partial charge in [-0.2, -0.15) is 5.26 Å². The number of ether oxygens (including phenoxy) is 1. The van der Waals surface area contributed by atoms with Gasteiger partial charge in [-0.15, -0.1) is 0 Å². The minimum Gasteiger partial charge on any atom is -0.491 e. The van der Waals surface area contributed by atoms with E-state index in [1.165, 1.54) is 4.57 Å². The van der Waals surface area contributed by atoms with Gasteiger partial charge in [-0.3, -0.25) is 18.7 Å². The van der Waals surface area contributed by atoms with Crippen LogP contribution < -0.4 is 16.0 Å². The molecule has 0 fully saturated rings. The van der Waals surface area contributed by atoms with Crippen molar-refractivity contribution in [1.82, 2.24) is 9.13 Å². The van der Waals surface area contributed by atoms with Gasteiger partial charge >= 0.3 is 5.69 Å². The summed E-state index contributed by atoms with van der Waals surface area (Å²) in [6, 6.07) is 8.42. The summed E-state index contributed by atoms with van der Waals surface area (Å²) >= 11 is 0. The standard InChI is InChI=1S/C20H21N3O5/c1-2-18(25)13-5-7-15(8-6-13)28-12-14(24)11-23-19(26)16(10-21)17-4-3-9-22(17)20(23)27/h5-8,14,24H,2-4,9,11-12H2,1H3. The molecule has 2 aromatic rings. The Balaban J connectivity index is 1.71. The van der Waals surface area contributed by atoms with Crippen LogP contribution in [0.2, 0.25) is 0 Å². The largest absolute Gasteiger partial charge is 0.491 e. The summed E-state index contributed by atoms with van der Waals surface area (Å²) in [6.45, 7) is 1.83. The molecule has 146 valence electrons. The Kier molecular flexibility index (Phi) is 5.76. The van der Waals surface area contributed by atoms with E-state index in [1.807, 2.05) is 6.07 Å². The second kappa shape index (κ2) is 8.23. The van der Waals surface area contributed by atoms with Crippen LogP contribution in [0.4, 0.5) is 0 Å². The first-order valence-corrected chi connectivity index (χ1v) is 9.17. The third-order valence-electron chi connectivity index (χ3n) is 4.78. The Labute approximate surface area is 161 Å². The fourth-order valence-electron chi connectivity index (χ4n) is 3.31. The molecule has 1 atom stereocenters. The first-order chi connectivity index (χ1) is 13.5. The molecule has 8 heteroatoms. The van der Waals surface area contributed by atoms with Crippen LogP contribution in [0.5, 0.6) is 5.75 Å². The van der Waals surface area contributed by atoms with Crippen LogP contribution in [0, 0.1) is 11.3 Å². The van der Waals surface area contributed by atoms with Crippen LogP contribution in [0.25, 0.3) is 0 Å². The van der Waals surface area contributed by atoms with E-state index in [1.54, 1.807) is 31.2 Å². The van der Waals surface area contributed by atoms with E-state index in [2.05, 4.69) is 0 Å². The molecule has 0 saturated heterocycles. The van der Waals surface area contributed by atoms with Gasteiger partial charge < -0.3 is 9.84 Å². The summed E-state index contributed by atoms with van der Waals surface area (Å²) in [7, 11) is 0. The highest BCUT2D eigenvalue weighted by Crippen LogP contribution is 2.15. The molecule has 0 spiro atoms. The van der Waals surface area contributed by atoms with Crippen molar-refractivity contribution in [3.63, 3.8) is 0 Å². The quantitative estimate of drug-likeness (QED) is 0.709. The van der Waals surface area contributed by atoms with Crippen LogP contribution in [0.15, 0.2) is 33.9 Å². The van der Waals surface area contributed by atoms with Gasteiger partial charge in [0.25, 0.3) is 5.56 Å². The number of carbonyl (C=O) groups is 1. The molecule has 28 heavy (non-hydrogen) atoms. The minimum atomic E-state index is -1.12. The van der Waals surface area contributed by atoms with Crippen molar-refractivity contribution in [2.45, 2.75) is 45.4 Å². The summed E-state index contributed by atoms with van der Waals surface area (Å²) in [5.74, 6) is 0.485. The maximum atomic E-state index is 12.5. The number of carbonyl (C=O) groups excluding carboxylic acids is 1. The van der Waals surface area contributed by atoms with Gasteiger partial charge in [-0.1, -0.05) is 6.92 Å². The molecule has 8 nitrogen and oxygen atoms in total. The fraction of sp³-hybridized carbons (Fsp3) is 0.400. The van der Waals surface area contributed by atoms with Crippen molar-refractivity contribution in [3.8, 4) is 11.8 Å². The van der Waals surface area contributed by atoms with Crippen LogP contribution in [-0.4, -0.2) is 32.7 Å². The second-order valence-electron chi connectivity index (χ2n) is 6.65. The van der Waals surface area contributed by atoms with Crippen molar-refractivity contribution < 1.29 is 14.6 Å². The molecule has 0 bridgehead atoms. The number of Topliss-reactive ketones (excluding diaryl/α,β-unsaturated/α-hetero) is 1. The van der Waals surface area contributed by atoms with Crippen LogP contribution in [0.1, 0.15) is 41.4 Å². The molecule has 3 rings (SSSR count). The maximum Gasteiger partial charge on any atom is 0.331 e. The van der Waals surface area contributed by atoms with Crippen molar-refractivity contribution in [3.05, 3.63) is 61.9 Å². The second-order valence-corrected chi connectivity index (χ2v) is 6.65. The first kappa shape index (κ1) is 19.6. The fourth-order valence-corrected chi connectivity index (χ4v) is 3.31. The van der Waals surface area contributed by atoms with Gasteiger partial charge in [-0.25, -0.2) is 4.79 Å². The van der Waals surface area contributed by atoms with E-state index >= 15 is 0 Å². The van der Waals surface area contributed by atoms with E-state index in [4.69, 9.17) is 4.74 Å². The lowest BCUT2D eigenvalue weighted by Crippen LogP contribution is -2.44. The van der Waals surface area contributed by atoms with Crippen molar-refractivity contribution in [2.75, 3.05) is 6.61 Å². The van der Waals surface area contributed by atoms with Crippen LogP contribution in [0.3, 0.4) is 0 Å². The lowest BCUT2D eigenvalue weighted by molar-refractivity contribution is 0.0898. The average molecular weight is 383 g/mol. The Morgan fingerprint density at radius 1 is 1.32 bits per heavy atom. The van der Waals surface area contributed by atoms with Crippen molar-refractivity contribution in [2.24, 2.45) is 0 Å².